The van der Waals surface area contributed by atoms with Crippen LogP contribution in [0.15, 0.2) is 46.1 Å². The summed E-state index contributed by atoms with van der Waals surface area (Å²) in [6.45, 7) is 1.89. The van der Waals surface area contributed by atoms with Gasteiger partial charge in [-0.2, -0.15) is 0 Å². The SMILES string of the molecule is CCc1ccc(S(=O)(=O)NCc2ccoc2)cc1C(=O)O. The average Bonchev–Trinajstić information content (AvgIpc) is 2.97. The quantitative estimate of drug-likeness (QED) is 0.851. The number of nitrogens with one attached hydrogen (secondary N) is 1. The Morgan fingerprint density at radius 3 is 2.67 bits per heavy atom. The van der Waals surface area contributed by atoms with Crippen molar-refractivity contribution in [3.8, 4) is 0 Å². The molecule has 112 valence electrons. The number of hydrogen-bond donors (Lipinski definition) is 2. The van der Waals surface area contributed by atoms with E-state index in [-0.39, 0.29) is 17.0 Å². The summed E-state index contributed by atoms with van der Waals surface area (Å²) in [5.41, 5.74) is 1.28. The van der Waals surface area contributed by atoms with Crippen LogP contribution in [0.4, 0.5) is 0 Å². The summed E-state index contributed by atoms with van der Waals surface area (Å²) >= 11 is 0. The molecule has 1 heterocycles. The molecule has 0 aliphatic rings. The predicted octanol–water partition coefficient (Wildman–Crippen LogP) is 2.02. The highest BCUT2D eigenvalue weighted by Crippen LogP contribution is 2.17. The molecule has 0 saturated carbocycles. The lowest BCUT2D eigenvalue weighted by atomic mass is 10.1. The topological polar surface area (TPSA) is 96.6 Å². The molecule has 2 rings (SSSR count). The number of carboxylic acid groups (broad SMARTS) is 1. The number of aromatic carboxylic acids is 1. The zero-order valence-electron chi connectivity index (χ0n) is 11.4. The maximum absolute atomic E-state index is 12.2. The first kappa shape index (κ1) is 15.3. The van der Waals surface area contributed by atoms with Gasteiger partial charge in [0.25, 0.3) is 0 Å². The van der Waals surface area contributed by atoms with Crippen LogP contribution in [-0.2, 0) is 23.0 Å². The van der Waals surface area contributed by atoms with Crippen molar-refractivity contribution < 1.29 is 22.7 Å². The van der Waals surface area contributed by atoms with Gasteiger partial charge < -0.3 is 9.52 Å². The number of hydrogen-bond acceptors (Lipinski definition) is 4. The molecule has 0 amide bonds. The Morgan fingerprint density at radius 2 is 2.10 bits per heavy atom. The Balaban J connectivity index is 2.27. The largest absolute Gasteiger partial charge is 0.478 e. The van der Waals surface area contributed by atoms with Gasteiger partial charge in [-0.1, -0.05) is 13.0 Å². The van der Waals surface area contributed by atoms with Crippen LogP contribution in [0, 0.1) is 0 Å². The molecule has 0 unspecified atom stereocenters. The van der Waals surface area contributed by atoms with E-state index in [0.717, 1.165) is 0 Å². The van der Waals surface area contributed by atoms with E-state index in [1.54, 1.807) is 6.07 Å². The van der Waals surface area contributed by atoms with E-state index in [9.17, 15) is 13.2 Å². The zero-order chi connectivity index (χ0) is 15.5. The Bertz CT molecular complexity index is 735. The van der Waals surface area contributed by atoms with Crippen LogP contribution in [0.5, 0.6) is 0 Å². The minimum Gasteiger partial charge on any atom is -0.478 e. The van der Waals surface area contributed by atoms with Crippen molar-refractivity contribution in [1.29, 1.82) is 0 Å². The van der Waals surface area contributed by atoms with Gasteiger partial charge >= 0.3 is 5.97 Å². The minimum absolute atomic E-state index is 0.00341. The summed E-state index contributed by atoms with van der Waals surface area (Å²) in [5, 5.41) is 9.14. The third-order valence-electron chi connectivity index (χ3n) is 3.05. The van der Waals surface area contributed by atoms with Crippen molar-refractivity contribution in [3.63, 3.8) is 0 Å². The van der Waals surface area contributed by atoms with Crippen LogP contribution in [0.1, 0.15) is 28.4 Å². The molecular formula is C14H15NO5S. The van der Waals surface area contributed by atoms with Crippen LogP contribution in [0.3, 0.4) is 0 Å². The Hall–Kier alpha value is -2.12. The van der Waals surface area contributed by atoms with Crippen LogP contribution in [0.2, 0.25) is 0 Å². The van der Waals surface area contributed by atoms with Crippen LogP contribution < -0.4 is 4.72 Å². The van der Waals surface area contributed by atoms with Gasteiger partial charge in [0.2, 0.25) is 10.0 Å². The molecule has 6 nitrogen and oxygen atoms in total. The van der Waals surface area contributed by atoms with Crippen molar-refractivity contribution in [3.05, 3.63) is 53.5 Å². The number of carboxylic acids is 1. The summed E-state index contributed by atoms with van der Waals surface area (Å²) in [7, 11) is -3.77. The van der Waals surface area contributed by atoms with Gasteiger partial charge in [0.15, 0.2) is 0 Å². The van der Waals surface area contributed by atoms with Crippen molar-refractivity contribution in [2.24, 2.45) is 0 Å². The molecule has 0 fully saturated rings. The number of furan rings is 1. The molecule has 0 saturated heterocycles. The summed E-state index contributed by atoms with van der Waals surface area (Å²) in [4.78, 5) is 11.1. The molecule has 0 spiro atoms. The standard InChI is InChI=1S/C14H15NO5S/c1-2-11-3-4-12(7-13(11)14(16)17)21(18,19)15-8-10-5-6-20-9-10/h3-7,9,15H,2,8H2,1H3,(H,16,17). The van der Waals surface area contributed by atoms with Crippen molar-refractivity contribution >= 4 is 16.0 Å². The lowest BCUT2D eigenvalue weighted by molar-refractivity contribution is 0.0695. The molecule has 1 aromatic carbocycles. The van der Waals surface area contributed by atoms with Crippen molar-refractivity contribution in [2.75, 3.05) is 0 Å². The third-order valence-corrected chi connectivity index (χ3v) is 4.45. The monoisotopic (exact) mass is 309 g/mol. The van der Waals surface area contributed by atoms with E-state index in [4.69, 9.17) is 9.52 Å². The average molecular weight is 309 g/mol. The predicted molar refractivity (Wildman–Crippen MR) is 75.5 cm³/mol. The van der Waals surface area contributed by atoms with Gasteiger partial charge in [0.05, 0.1) is 23.0 Å². The number of rotatable bonds is 6. The van der Waals surface area contributed by atoms with E-state index in [1.807, 2.05) is 6.92 Å². The molecule has 0 aliphatic heterocycles. The molecule has 2 aromatic rings. The smallest absolute Gasteiger partial charge is 0.336 e. The van der Waals surface area contributed by atoms with Gasteiger partial charge in [0, 0.05) is 12.1 Å². The lowest BCUT2D eigenvalue weighted by Crippen LogP contribution is -2.23. The van der Waals surface area contributed by atoms with E-state index in [0.29, 0.717) is 17.5 Å². The maximum atomic E-state index is 12.2. The Kier molecular flexibility index (Phi) is 4.44. The number of carbonyl (C=O) groups is 1. The molecule has 0 aliphatic carbocycles. The number of sulfonamides is 1. The van der Waals surface area contributed by atoms with E-state index in [2.05, 4.69) is 4.72 Å². The van der Waals surface area contributed by atoms with Crippen LogP contribution in [0.25, 0.3) is 0 Å². The fraction of sp³-hybridized carbons (Fsp3) is 0.214. The highest BCUT2D eigenvalue weighted by atomic mass is 32.2. The molecule has 0 radical (unpaired) electrons. The third kappa shape index (κ3) is 3.50. The second-order valence-corrected chi connectivity index (χ2v) is 6.20. The second-order valence-electron chi connectivity index (χ2n) is 4.43. The number of benzene rings is 1. The van der Waals surface area contributed by atoms with E-state index in [1.165, 1.54) is 30.7 Å². The molecule has 7 heteroatoms. The Labute approximate surface area is 122 Å². The summed E-state index contributed by atoms with van der Waals surface area (Å²) < 4.78 is 31.6. The van der Waals surface area contributed by atoms with Crippen molar-refractivity contribution in [1.82, 2.24) is 4.72 Å². The van der Waals surface area contributed by atoms with Gasteiger partial charge in [-0.3, -0.25) is 0 Å². The first-order valence-corrected chi connectivity index (χ1v) is 7.79. The van der Waals surface area contributed by atoms with Crippen LogP contribution in [-0.4, -0.2) is 19.5 Å². The fourth-order valence-corrected chi connectivity index (χ4v) is 2.93. The van der Waals surface area contributed by atoms with Crippen LogP contribution >= 0.6 is 0 Å². The second kappa shape index (κ2) is 6.11. The lowest BCUT2D eigenvalue weighted by Gasteiger charge is -2.09. The van der Waals surface area contributed by atoms with Gasteiger partial charge in [-0.05, 0) is 30.2 Å². The summed E-state index contributed by atoms with van der Waals surface area (Å²) in [6.07, 6.45) is 3.40. The van der Waals surface area contributed by atoms with Gasteiger partial charge in [-0.25, -0.2) is 17.9 Å². The summed E-state index contributed by atoms with van der Waals surface area (Å²) in [6, 6.07) is 5.75. The van der Waals surface area contributed by atoms with Crippen molar-refractivity contribution in [2.45, 2.75) is 24.8 Å². The van der Waals surface area contributed by atoms with Gasteiger partial charge in [-0.15, -0.1) is 0 Å². The zero-order valence-corrected chi connectivity index (χ0v) is 12.2. The molecule has 0 bridgehead atoms. The number of aryl methyl sites for hydroxylation is 1. The molecule has 0 atom stereocenters. The molecule has 21 heavy (non-hydrogen) atoms. The highest BCUT2D eigenvalue weighted by molar-refractivity contribution is 7.89. The normalized spacial score (nSPS) is 11.5. The van der Waals surface area contributed by atoms with Gasteiger partial charge in [0.1, 0.15) is 0 Å². The first-order valence-electron chi connectivity index (χ1n) is 6.31. The summed E-state index contributed by atoms with van der Waals surface area (Å²) in [5.74, 6) is -1.14. The Morgan fingerprint density at radius 1 is 1.33 bits per heavy atom. The molecule has 1 aromatic heterocycles. The first-order chi connectivity index (χ1) is 9.94. The highest BCUT2D eigenvalue weighted by Gasteiger charge is 2.18. The maximum Gasteiger partial charge on any atom is 0.336 e. The van der Waals surface area contributed by atoms with E-state index >= 15 is 0 Å². The molecular weight excluding hydrogens is 294 g/mol. The minimum atomic E-state index is -3.77. The fourth-order valence-electron chi connectivity index (χ4n) is 1.89. The van der Waals surface area contributed by atoms with E-state index < -0.39 is 16.0 Å². The molecule has 2 N–H and O–H groups in total.